The summed E-state index contributed by atoms with van der Waals surface area (Å²) in [7, 11) is -3.18. The summed E-state index contributed by atoms with van der Waals surface area (Å²) < 4.78 is 27.9. The molecule has 0 aliphatic carbocycles. The average Bonchev–Trinajstić information content (AvgIpc) is 2.83. The molecule has 0 aliphatic rings. The molecule has 7 heteroatoms. The molecule has 0 aliphatic heterocycles. The molecule has 108 valence electrons. The van der Waals surface area contributed by atoms with Gasteiger partial charge in [-0.05, 0) is 12.1 Å². The predicted molar refractivity (Wildman–Crippen MR) is 74.8 cm³/mol. The zero-order valence-electron chi connectivity index (χ0n) is 11.4. The Morgan fingerprint density at radius 3 is 2.55 bits per heavy atom. The molecule has 1 aromatic heterocycles. The monoisotopic (exact) mass is 295 g/mol. The lowest BCUT2D eigenvalue weighted by atomic mass is 10.1. The number of nitrogens with zero attached hydrogens (tertiary/aromatic N) is 2. The molecule has 0 bridgehead atoms. The van der Waals surface area contributed by atoms with E-state index in [-0.39, 0.29) is 17.7 Å². The summed E-state index contributed by atoms with van der Waals surface area (Å²) in [6.45, 7) is 2.70. The summed E-state index contributed by atoms with van der Waals surface area (Å²) >= 11 is 0. The Morgan fingerprint density at radius 2 is 1.95 bits per heavy atom. The van der Waals surface area contributed by atoms with Crippen LogP contribution in [0.4, 0.5) is 0 Å². The van der Waals surface area contributed by atoms with Crippen LogP contribution < -0.4 is 5.32 Å². The number of aromatic nitrogens is 2. The van der Waals surface area contributed by atoms with Crippen LogP contribution in [0.25, 0.3) is 0 Å². The number of hydrogen-bond acceptors (Lipinski definition) is 6. The summed E-state index contributed by atoms with van der Waals surface area (Å²) in [4.78, 5) is 0. The minimum atomic E-state index is -3.18. The van der Waals surface area contributed by atoms with E-state index in [4.69, 9.17) is 4.42 Å². The molecule has 1 heterocycles. The maximum Gasteiger partial charge on any atom is 0.237 e. The van der Waals surface area contributed by atoms with Crippen molar-refractivity contribution in [2.75, 3.05) is 12.8 Å². The number of hydrogen-bond donors (Lipinski definition) is 1. The van der Waals surface area contributed by atoms with Gasteiger partial charge in [-0.15, -0.1) is 10.2 Å². The molecule has 0 saturated heterocycles. The van der Waals surface area contributed by atoms with E-state index < -0.39 is 9.84 Å². The Balaban J connectivity index is 2.27. The summed E-state index contributed by atoms with van der Waals surface area (Å²) in [5.74, 6) is 0.242. The van der Waals surface area contributed by atoms with E-state index in [0.29, 0.717) is 5.89 Å². The van der Waals surface area contributed by atoms with Gasteiger partial charge in [0.05, 0.1) is 0 Å². The fourth-order valence-corrected chi connectivity index (χ4v) is 2.43. The second-order valence-corrected chi connectivity index (χ2v) is 6.65. The van der Waals surface area contributed by atoms with Gasteiger partial charge >= 0.3 is 0 Å². The molecule has 0 radical (unpaired) electrons. The van der Waals surface area contributed by atoms with Gasteiger partial charge in [-0.1, -0.05) is 37.3 Å². The van der Waals surface area contributed by atoms with Crippen LogP contribution in [0.15, 0.2) is 34.7 Å². The van der Waals surface area contributed by atoms with Crippen LogP contribution in [0, 0.1) is 0 Å². The van der Waals surface area contributed by atoms with E-state index in [1.807, 2.05) is 37.3 Å². The molecule has 20 heavy (non-hydrogen) atoms. The Labute approximate surface area is 118 Å². The van der Waals surface area contributed by atoms with E-state index in [1.165, 1.54) is 0 Å². The van der Waals surface area contributed by atoms with Crippen molar-refractivity contribution in [3.63, 3.8) is 0 Å². The minimum Gasteiger partial charge on any atom is -0.422 e. The summed E-state index contributed by atoms with van der Waals surface area (Å²) in [5.41, 5.74) is 0.990. The van der Waals surface area contributed by atoms with Crippen LogP contribution in [0.1, 0.15) is 30.3 Å². The van der Waals surface area contributed by atoms with Crippen LogP contribution >= 0.6 is 0 Å². The third kappa shape index (κ3) is 3.88. The first kappa shape index (κ1) is 14.7. The van der Waals surface area contributed by atoms with E-state index >= 15 is 0 Å². The minimum absolute atomic E-state index is 0.112. The van der Waals surface area contributed by atoms with E-state index in [1.54, 1.807) is 0 Å². The first-order valence-electron chi connectivity index (χ1n) is 6.28. The van der Waals surface area contributed by atoms with Crippen molar-refractivity contribution in [1.29, 1.82) is 0 Å². The van der Waals surface area contributed by atoms with Crippen LogP contribution in [-0.4, -0.2) is 31.4 Å². The maximum atomic E-state index is 11.2. The third-order valence-corrected chi connectivity index (χ3v) is 3.43. The fraction of sp³-hybridized carbons (Fsp3) is 0.385. The van der Waals surface area contributed by atoms with E-state index in [2.05, 4.69) is 15.5 Å². The largest absolute Gasteiger partial charge is 0.422 e. The topological polar surface area (TPSA) is 85.1 Å². The normalized spacial score (nSPS) is 13.3. The Morgan fingerprint density at radius 1 is 1.25 bits per heavy atom. The molecule has 2 rings (SSSR count). The Bertz CT molecular complexity index is 653. The number of benzene rings is 1. The molecular formula is C13H17N3O3S. The van der Waals surface area contributed by atoms with Crippen LogP contribution in [0.3, 0.4) is 0 Å². The van der Waals surface area contributed by atoms with Crippen LogP contribution in [0.2, 0.25) is 0 Å². The van der Waals surface area contributed by atoms with Crippen LogP contribution in [0.5, 0.6) is 0 Å². The third-order valence-electron chi connectivity index (χ3n) is 2.66. The van der Waals surface area contributed by atoms with Crippen LogP contribution in [-0.2, 0) is 15.6 Å². The average molecular weight is 295 g/mol. The SMILES string of the molecule is CCNC(c1ccccc1)c1nnc(CS(C)(=O)=O)o1. The molecule has 0 amide bonds. The van der Waals surface area contributed by atoms with E-state index in [0.717, 1.165) is 18.4 Å². The fourth-order valence-electron chi connectivity index (χ4n) is 1.86. The molecule has 1 N–H and O–H groups in total. The molecule has 0 fully saturated rings. The van der Waals surface area contributed by atoms with E-state index in [9.17, 15) is 8.42 Å². The van der Waals surface area contributed by atoms with Gasteiger partial charge in [0.1, 0.15) is 11.8 Å². The molecule has 1 atom stereocenters. The smallest absolute Gasteiger partial charge is 0.237 e. The predicted octanol–water partition coefficient (Wildman–Crippen LogP) is 1.31. The highest BCUT2D eigenvalue weighted by Gasteiger charge is 2.20. The lowest BCUT2D eigenvalue weighted by Gasteiger charge is -2.13. The highest BCUT2D eigenvalue weighted by atomic mass is 32.2. The van der Waals surface area contributed by atoms with Gasteiger partial charge < -0.3 is 9.73 Å². The molecule has 0 spiro atoms. The first-order chi connectivity index (χ1) is 9.49. The summed E-state index contributed by atoms with van der Waals surface area (Å²) in [6.07, 6.45) is 1.13. The van der Waals surface area contributed by atoms with Gasteiger partial charge in [0.25, 0.3) is 0 Å². The zero-order valence-corrected chi connectivity index (χ0v) is 12.2. The number of rotatable bonds is 6. The number of sulfone groups is 1. The second kappa shape index (κ2) is 6.15. The molecule has 1 unspecified atom stereocenters. The first-order valence-corrected chi connectivity index (χ1v) is 8.34. The quantitative estimate of drug-likeness (QED) is 0.865. The Hall–Kier alpha value is -1.73. The summed E-state index contributed by atoms with van der Waals surface area (Å²) in [5, 5.41) is 11.0. The van der Waals surface area contributed by atoms with Crippen molar-refractivity contribution in [1.82, 2.24) is 15.5 Å². The molecular weight excluding hydrogens is 278 g/mol. The summed E-state index contributed by atoms with van der Waals surface area (Å²) in [6, 6.07) is 9.44. The van der Waals surface area contributed by atoms with Gasteiger partial charge in [-0.25, -0.2) is 8.42 Å². The number of nitrogens with one attached hydrogen (secondary N) is 1. The van der Waals surface area contributed by atoms with Crippen molar-refractivity contribution in [2.45, 2.75) is 18.7 Å². The maximum absolute atomic E-state index is 11.2. The zero-order chi connectivity index (χ0) is 14.6. The lowest BCUT2D eigenvalue weighted by molar-refractivity contribution is 0.416. The van der Waals surface area contributed by atoms with Gasteiger partial charge in [-0.3, -0.25) is 0 Å². The molecule has 6 nitrogen and oxygen atoms in total. The van der Waals surface area contributed by atoms with Gasteiger partial charge in [0.15, 0.2) is 9.84 Å². The highest BCUT2D eigenvalue weighted by molar-refractivity contribution is 7.89. The van der Waals surface area contributed by atoms with Gasteiger partial charge in [-0.2, -0.15) is 0 Å². The van der Waals surface area contributed by atoms with Crippen molar-refractivity contribution in [3.05, 3.63) is 47.7 Å². The Kier molecular flexibility index (Phi) is 4.51. The standard InChI is InChI=1S/C13H17N3O3S/c1-3-14-12(10-7-5-4-6-8-10)13-16-15-11(19-13)9-20(2,17)18/h4-8,12,14H,3,9H2,1-2H3. The highest BCUT2D eigenvalue weighted by Crippen LogP contribution is 2.21. The van der Waals surface area contributed by atoms with Crippen molar-refractivity contribution in [2.24, 2.45) is 0 Å². The van der Waals surface area contributed by atoms with Gasteiger partial charge in [0, 0.05) is 6.26 Å². The van der Waals surface area contributed by atoms with Crippen molar-refractivity contribution in [3.8, 4) is 0 Å². The molecule has 0 saturated carbocycles. The second-order valence-electron chi connectivity index (χ2n) is 4.51. The van der Waals surface area contributed by atoms with Crippen molar-refractivity contribution >= 4 is 9.84 Å². The molecule has 2 aromatic rings. The van der Waals surface area contributed by atoms with Crippen molar-refractivity contribution < 1.29 is 12.8 Å². The lowest BCUT2D eigenvalue weighted by Crippen LogP contribution is -2.22. The molecule has 1 aromatic carbocycles. The van der Waals surface area contributed by atoms with Gasteiger partial charge in [0.2, 0.25) is 11.8 Å².